The monoisotopic (exact) mass is 222 g/mol. The summed E-state index contributed by atoms with van der Waals surface area (Å²) in [6.45, 7) is 5.31. The van der Waals surface area contributed by atoms with Gasteiger partial charge in [-0.1, -0.05) is 19.8 Å². The van der Waals surface area contributed by atoms with Crippen molar-refractivity contribution in [2.75, 3.05) is 13.1 Å². The highest BCUT2D eigenvalue weighted by Gasteiger charge is 2.28. The summed E-state index contributed by atoms with van der Waals surface area (Å²) in [5.74, 6) is 3.65. The van der Waals surface area contributed by atoms with Gasteiger partial charge in [0.15, 0.2) is 0 Å². The molecular weight excluding hydrogens is 200 g/mol. The van der Waals surface area contributed by atoms with Crippen molar-refractivity contribution >= 4 is 5.91 Å². The standard InChI is InChI=1S/C13H22N2O/c1-4-7-15(9-11-5-6-11)13(16)12(14)8-10(2)3/h1,10-12H,5-9,14H2,2-3H3. The quantitative estimate of drug-likeness (QED) is 0.687. The van der Waals surface area contributed by atoms with Gasteiger partial charge in [0.25, 0.3) is 0 Å². The fraction of sp³-hybridized carbons (Fsp3) is 0.769. The van der Waals surface area contributed by atoms with Crippen LogP contribution in [0.15, 0.2) is 0 Å². The SMILES string of the molecule is C#CCN(CC1CC1)C(=O)C(N)CC(C)C. The van der Waals surface area contributed by atoms with Crippen LogP contribution >= 0.6 is 0 Å². The molecule has 1 rings (SSSR count). The van der Waals surface area contributed by atoms with Crippen molar-refractivity contribution in [3.8, 4) is 12.3 Å². The van der Waals surface area contributed by atoms with Crippen molar-refractivity contribution in [3.05, 3.63) is 0 Å². The summed E-state index contributed by atoms with van der Waals surface area (Å²) >= 11 is 0. The minimum atomic E-state index is -0.396. The van der Waals surface area contributed by atoms with Gasteiger partial charge in [-0.2, -0.15) is 0 Å². The van der Waals surface area contributed by atoms with Crippen LogP contribution in [0.3, 0.4) is 0 Å². The molecule has 1 amide bonds. The second kappa shape index (κ2) is 5.91. The molecule has 0 spiro atoms. The third-order valence-electron chi connectivity index (χ3n) is 2.81. The third-order valence-corrected chi connectivity index (χ3v) is 2.81. The molecule has 1 unspecified atom stereocenters. The fourth-order valence-electron chi connectivity index (χ4n) is 1.80. The summed E-state index contributed by atoms with van der Waals surface area (Å²) in [5.41, 5.74) is 5.89. The predicted molar refractivity (Wildman–Crippen MR) is 65.6 cm³/mol. The molecule has 3 nitrogen and oxygen atoms in total. The molecule has 1 fully saturated rings. The van der Waals surface area contributed by atoms with Crippen LogP contribution in [0.2, 0.25) is 0 Å². The van der Waals surface area contributed by atoms with E-state index in [9.17, 15) is 4.79 Å². The topological polar surface area (TPSA) is 46.3 Å². The van der Waals surface area contributed by atoms with Gasteiger partial charge in [-0.05, 0) is 31.1 Å². The minimum absolute atomic E-state index is 0.0125. The van der Waals surface area contributed by atoms with Crippen molar-refractivity contribution < 1.29 is 4.79 Å². The lowest BCUT2D eigenvalue weighted by Crippen LogP contribution is -2.45. The maximum atomic E-state index is 12.0. The molecule has 0 bridgehead atoms. The summed E-state index contributed by atoms with van der Waals surface area (Å²) in [5, 5.41) is 0. The minimum Gasteiger partial charge on any atom is -0.330 e. The summed E-state index contributed by atoms with van der Waals surface area (Å²) < 4.78 is 0. The normalized spacial score (nSPS) is 16.9. The Bertz CT molecular complexity index is 276. The van der Waals surface area contributed by atoms with Gasteiger partial charge in [-0.25, -0.2) is 0 Å². The fourth-order valence-corrected chi connectivity index (χ4v) is 1.80. The van der Waals surface area contributed by atoms with E-state index in [1.807, 2.05) is 0 Å². The molecule has 16 heavy (non-hydrogen) atoms. The Balaban J connectivity index is 2.47. The molecule has 0 aromatic carbocycles. The molecule has 0 radical (unpaired) electrons. The predicted octanol–water partition coefficient (Wildman–Crippen LogP) is 1.23. The molecule has 90 valence electrons. The highest BCUT2D eigenvalue weighted by atomic mass is 16.2. The van der Waals surface area contributed by atoms with Crippen molar-refractivity contribution in [2.24, 2.45) is 17.6 Å². The zero-order valence-corrected chi connectivity index (χ0v) is 10.3. The lowest BCUT2D eigenvalue weighted by atomic mass is 10.0. The van der Waals surface area contributed by atoms with E-state index in [2.05, 4.69) is 19.8 Å². The van der Waals surface area contributed by atoms with Gasteiger partial charge in [-0.15, -0.1) is 6.42 Å². The zero-order chi connectivity index (χ0) is 12.1. The Labute approximate surface area is 98.4 Å². The number of carbonyl (C=O) groups excluding carboxylic acids is 1. The Hall–Kier alpha value is -1.01. The van der Waals surface area contributed by atoms with Crippen LogP contribution in [0.4, 0.5) is 0 Å². The number of nitrogens with two attached hydrogens (primary N) is 1. The molecule has 1 saturated carbocycles. The largest absolute Gasteiger partial charge is 0.330 e. The number of carbonyl (C=O) groups is 1. The van der Waals surface area contributed by atoms with Crippen LogP contribution in [-0.2, 0) is 4.79 Å². The maximum absolute atomic E-state index is 12.0. The van der Waals surface area contributed by atoms with E-state index in [1.165, 1.54) is 12.8 Å². The van der Waals surface area contributed by atoms with E-state index >= 15 is 0 Å². The van der Waals surface area contributed by atoms with Crippen molar-refractivity contribution in [3.63, 3.8) is 0 Å². The Morgan fingerprint density at radius 3 is 2.62 bits per heavy atom. The van der Waals surface area contributed by atoms with Gasteiger partial charge < -0.3 is 10.6 Å². The van der Waals surface area contributed by atoms with Gasteiger partial charge in [0, 0.05) is 6.54 Å². The number of nitrogens with zero attached hydrogens (tertiary/aromatic N) is 1. The number of rotatable bonds is 6. The van der Waals surface area contributed by atoms with E-state index in [-0.39, 0.29) is 5.91 Å². The lowest BCUT2D eigenvalue weighted by molar-refractivity contribution is -0.132. The van der Waals surface area contributed by atoms with Gasteiger partial charge in [0.1, 0.15) is 0 Å². The number of hydrogen-bond donors (Lipinski definition) is 1. The molecule has 0 saturated heterocycles. The van der Waals surface area contributed by atoms with Crippen LogP contribution in [-0.4, -0.2) is 29.9 Å². The average Bonchev–Trinajstić information content (AvgIpc) is 2.99. The molecule has 1 aliphatic rings. The first-order valence-corrected chi connectivity index (χ1v) is 6.02. The first-order valence-electron chi connectivity index (χ1n) is 6.02. The lowest BCUT2D eigenvalue weighted by Gasteiger charge is -2.24. The van der Waals surface area contributed by atoms with E-state index in [4.69, 9.17) is 12.2 Å². The molecular formula is C13H22N2O. The first kappa shape index (κ1) is 13.1. The van der Waals surface area contributed by atoms with Gasteiger partial charge in [-0.3, -0.25) is 4.79 Å². The number of terminal acetylenes is 1. The Morgan fingerprint density at radius 2 is 2.19 bits per heavy atom. The van der Waals surface area contributed by atoms with Gasteiger partial charge >= 0.3 is 0 Å². The van der Waals surface area contributed by atoms with Gasteiger partial charge in [0.2, 0.25) is 5.91 Å². The zero-order valence-electron chi connectivity index (χ0n) is 10.3. The Kier molecular flexibility index (Phi) is 4.82. The summed E-state index contributed by atoms with van der Waals surface area (Å²) in [6.07, 6.45) is 8.44. The molecule has 0 heterocycles. The molecule has 0 aliphatic heterocycles. The van der Waals surface area contributed by atoms with Crippen molar-refractivity contribution in [1.29, 1.82) is 0 Å². The highest BCUT2D eigenvalue weighted by molar-refractivity contribution is 5.81. The average molecular weight is 222 g/mol. The van der Waals surface area contributed by atoms with Crippen molar-refractivity contribution in [1.82, 2.24) is 4.90 Å². The number of amides is 1. The van der Waals surface area contributed by atoms with Crippen LogP contribution in [0.25, 0.3) is 0 Å². The smallest absolute Gasteiger partial charge is 0.240 e. The first-order chi connectivity index (χ1) is 7.54. The molecule has 0 aromatic rings. The molecule has 2 N–H and O–H groups in total. The van der Waals surface area contributed by atoms with Crippen LogP contribution < -0.4 is 5.73 Å². The van der Waals surface area contributed by atoms with Crippen LogP contribution in [0.1, 0.15) is 33.1 Å². The van der Waals surface area contributed by atoms with E-state index < -0.39 is 6.04 Å². The second-order valence-electron chi connectivity index (χ2n) is 5.10. The highest BCUT2D eigenvalue weighted by Crippen LogP contribution is 2.29. The van der Waals surface area contributed by atoms with E-state index in [0.717, 1.165) is 13.0 Å². The summed E-state index contributed by atoms with van der Waals surface area (Å²) in [4.78, 5) is 13.8. The number of hydrogen-bond acceptors (Lipinski definition) is 2. The molecule has 0 aromatic heterocycles. The molecule has 1 atom stereocenters. The van der Waals surface area contributed by atoms with Crippen molar-refractivity contribution in [2.45, 2.75) is 39.2 Å². The second-order valence-corrected chi connectivity index (χ2v) is 5.10. The summed E-state index contributed by atoms with van der Waals surface area (Å²) in [6, 6.07) is -0.396. The Morgan fingerprint density at radius 1 is 1.56 bits per heavy atom. The van der Waals surface area contributed by atoms with Gasteiger partial charge in [0.05, 0.1) is 12.6 Å². The maximum Gasteiger partial charge on any atom is 0.240 e. The molecule has 3 heteroatoms. The molecule has 1 aliphatic carbocycles. The van der Waals surface area contributed by atoms with E-state index in [1.54, 1.807) is 4.90 Å². The third kappa shape index (κ3) is 4.24. The van der Waals surface area contributed by atoms with Crippen LogP contribution in [0, 0.1) is 24.2 Å². The van der Waals surface area contributed by atoms with E-state index in [0.29, 0.717) is 18.4 Å². The van der Waals surface area contributed by atoms with Crippen LogP contribution in [0.5, 0.6) is 0 Å². The summed E-state index contributed by atoms with van der Waals surface area (Å²) in [7, 11) is 0.